The van der Waals surface area contributed by atoms with Crippen molar-refractivity contribution in [1.82, 2.24) is 9.97 Å². The van der Waals surface area contributed by atoms with Crippen LogP contribution < -0.4 is 10.6 Å². The molecule has 4 nitrogen and oxygen atoms in total. The molecule has 1 atom stereocenters. The van der Waals surface area contributed by atoms with Gasteiger partial charge in [0.25, 0.3) is 0 Å². The molecule has 2 aromatic heterocycles. The molecule has 19 heavy (non-hydrogen) atoms. The number of thiophene rings is 1. The molecule has 0 amide bonds. The van der Waals surface area contributed by atoms with E-state index in [0.717, 1.165) is 23.3 Å². The summed E-state index contributed by atoms with van der Waals surface area (Å²) in [5, 5.41) is 10.8. The fraction of sp³-hybridized carbons (Fsp3) is 0.385. The monoisotopic (exact) mass is 340 g/mol. The number of nitrogens with zero attached hydrogens (tertiary/aromatic N) is 2. The van der Waals surface area contributed by atoms with Crippen molar-refractivity contribution in [2.75, 3.05) is 17.2 Å². The Labute approximate surface area is 125 Å². The van der Waals surface area contributed by atoms with Crippen molar-refractivity contribution < 1.29 is 0 Å². The average Bonchev–Trinajstić information content (AvgIpc) is 2.93. The van der Waals surface area contributed by atoms with E-state index in [2.05, 4.69) is 67.2 Å². The van der Waals surface area contributed by atoms with Gasteiger partial charge in [-0.25, -0.2) is 4.98 Å². The van der Waals surface area contributed by atoms with E-state index in [4.69, 9.17) is 0 Å². The van der Waals surface area contributed by atoms with Gasteiger partial charge < -0.3 is 10.6 Å². The van der Waals surface area contributed by atoms with Gasteiger partial charge in [0.1, 0.15) is 5.82 Å². The van der Waals surface area contributed by atoms with E-state index in [1.807, 2.05) is 0 Å². The minimum absolute atomic E-state index is 0.219. The lowest BCUT2D eigenvalue weighted by atomic mass is 10.2. The summed E-state index contributed by atoms with van der Waals surface area (Å²) >= 11 is 5.18. The zero-order valence-corrected chi connectivity index (χ0v) is 13.4. The van der Waals surface area contributed by atoms with E-state index in [1.54, 1.807) is 17.5 Å². The predicted octanol–water partition coefficient (Wildman–Crippen LogP) is 4.30. The van der Waals surface area contributed by atoms with Crippen molar-refractivity contribution in [1.29, 1.82) is 0 Å². The maximum atomic E-state index is 4.48. The third-order valence-corrected chi connectivity index (χ3v) is 3.96. The zero-order chi connectivity index (χ0) is 13.7. The molecule has 102 valence electrons. The molecule has 2 rings (SSSR count). The van der Waals surface area contributed by atoms with Gasteiger partial charge in [0.15, 0.2) is 0 Å². The van der Waals surface area contributed by atoms with Crippen LogP contribution in [-0.2, 0) is 0 Å². The fourth-order valence-electron chi connectivity index (χ4n) is 1.60. The lowest BCUT2D eigenvalue weighted by molar-refractivity contribution is 0.872. The number of hydrogen-bond acceptors (Lipinski definition) is 5. The van der Waals surface area contributed by atoms with Gasteiger partial charge in [-0.15, -0.1) is 0 Å². The van der Waals surface area contributed by atoms with Crippen molar-refractivity contribution in [2.24, 2.45) is 0 Å². The molecule has 2 N–H and O–H groups in total. The second-order valence-electron chi connectivity index (χ2n) is 4.24. The Morgan fingerprint density at radius 1 is 1.47 bits per heavy atom. The maximum absolute atomic E-state index is 4.48. The highest BCUT2D eigenvalue weighted by molar-refractivity contribution is 9.10. The van der Waals surface area contributed by atoms with Gasteiger partial charge in [0.2, 0.25) is 5.95 Å². The van der Waals surface area contributed by atoms with Crippen LogP contribution in [0.4, 0.5) is 11.8 Å². The van der Waals surface area contributed by atoms with E-state index in [9.17, 15) is 0 Å². The Bertz CT molecular complexity index is 515. The summed E-state index contributed by atoms with van der Waals surface area (Å²) in [6.45, 7) is 5.11. The van der Waals surface area contributed by atoms with Crippen molar-refractivity contribution in [2.45, 2.75) is 26.3 Å². The van der Waals surface area contributed by atoms with Crippen molar-refractivity contribution in [3.63, 3.8) is 0 Å². The first-order chi connectivity index (χ1) is 9.20. The Hall–Kier alpha value is -1.14. The number of nitrogens with one attached hydrogen (secondary N) is 2. The molecule has 0 radical (unpaired) electrons. The molecule has 0 aromatic carbocycles. The zero-order valence-electron chi connectivity index (χ0n) is 11.0. The molecule has 0 fully saturated rings. The summed E-state index contributed by atoms with van der Waals surface area (Å²) < 4.78 is 0.872. The molecule has 0 saturated carbocycles. The van der Waals surface area contributed by atoms with E-state index in [1.165, 1.54) is 5.56 Å². The lowest BCUT2D eigenvalue weighted by Crippen LogP contribution is -2.10. The fourth-order valence-corrected chi connectivity index (χ4v) is 2.66. The Balaban J connectivity index is 2.10. The second-order valence-corrected chi connectivity index (χ2v) is 5.87. The minimum Gasteiger partial charge on any atom is -0.362 e. The number of halogens is 1. The largest absolute Gasteiger partial charge is 0.362 e. The van der Waals surface area contributed by atoms with Crippen LogP contribution in [0.1, 0.15) is 31.9 Å². The molecular weight excluding hydrogens is 324 g/mol. The van der Waals surface area contributed by atoms with E-state index < -0.39 is 0 Å². The third-order valence-electron chi connectivity index (χ3n) is 2.67. The van der Waals surface area contributed by atoms with Crippen LogP contribution >= 0.6 is 27.3 Å². The first-order valence-electron chi connectivity index (χ1n) is 6.25. The van der Waals surface area contributed by atoms with Crippen LogP contribution in [0.2, 0.25) is 0 Å². The molecule has 2 heterocycles. The average molecular weight is 341 g/mol. The molecule has 0 aliphatic rings. The molecular formula is C13H17BrN4S. The number of aromatic nitrogens is 2. The van der Waals surface area contributed by atoms with Crippen LogP contribution in [0.5, 0.6) is 0 Å². The Morgan fingerprint density at radius 3 is 3.00 bits per heavy atom. The predicted molar refractivity (Wildman–Crippen MR) is 84.9 cm³/mol. The first kappa shape index (κ1) is 14.3. The van der Waals surface area contributed by atoms with Crippen molar-refractivity contribution in [3.8, 4) is 0 Å². The summed E-state index contributed by atoms with van der Waals surface area (Å²) in [6.07, 6.45) is 2.82. The first-order valence-corrected chi connectivity index (χ1v) is 7.99. The number of rotatable bonds is 6. The van der Waals surface area contributed by atoms with Gasteiger partial charge in [-0.1, -0.05) is 6.92 Å². The third kappa shape index (κ3) is 3.91. The van der Waals surface area contributed by atoms with E-state index >= 15 is 0 Å². The van der Waals surface area contributed by atoms with Crippen LogP contribution in [0, 0.1) is 0 Å². The SMILES string of the molecule is CCCNc1ncc(Br)c(NC(C)c2ccsc2)n1. The molecule has 0 aliphatic carbocycles. The number of hydrogen-bond donors (Lipinski definition) is 2. The highest BCUT2D eigenvalue weighted by Gasteiger charge is 2.10. The van der Waals surface area contributed by atoms with Gasteiger partial charge in [0.05, 0.1) is 10.5 Å². The van der Waals surface area contributed by atoms with E-state index in [0.29, 0.717) is 5.95 Å². The molecule has 0 bridgehead atoms. The summed E-state index contributed by atoms with van der Waals surface area (Å²) in [7, 11) is 0. The topological polar surface area (TPSA) is 49.8 Å². The molecule has 1 unspecified atom stereocenters. The molecule has 0 aliphatic heterocycles. The second kappa shape index (κ2) is 6.86. The molecule has 0 spiro atoms. The van der Waals surface area contributed by atoms with Gasteiger partial charge in [-0.05, 0) is 51.7 Å². The van der Waals surface area contributed by atoms with Gasteiger partial charge in [-0.2, -0.15) is 16.3 Å². The molecule has 6 heteroatoms. The normalized spacial score (nSPS) is 12.2. The quantitative estimate of drug-likeness (QED) is 0.823. The van der Waals surface area contributed by atoms with Crippen molar-refractivity contribution in [3.05, 3.63) is 33.1 Å². The lowest BCUT2D eigenvalue weighted by Gasteiger charge is -2.15. The van der Waals surface area contributed by atoms with Crippen LogP contribution in [0.15, 0.2) is 27.5 Å². The highest BCUT2D eigenvalue weighted by atomic mass is 79.9. The van der Waals surface area contributed by atoms with Crippen LogP contribution in [0.25, 0.3) is 0 Å². The van der Waals surface area contributed by atoms with Gasteiger partial charge in [-0.3, -0.25) is 0 Å². The molecule has 2 aromatic rings. The number of anilines is 2. The Kier molecular flexibility index (Phi) is 5.15. The maximum Gasteiger partial charge on any atom is 0.224 e. The minimum atomic E-state index is 0.219. The highest BCUT2D eigenvalue weighted by Crippen LogP contribution is 2.25. The van der Waals surface area contributed by atoms with Crippen LogP contribution in [-0.4, -0.2) is 16.5 Å². The summed E-state index contributed by atoms with van der Waals surface area (Å²) in [5.74, 6) is 1.47. The standard InChI is InChI=1S/C13H17BrN4S/c1-3-5-15-13-16-7-11(14)12(18-13)17-9(2)10-4-6-19-8-10/h4,6-9H,3,5H2,1-2H3,(H2,15,16,17,18). The van der Waals surface area contributed by atoms with Gasteiger partial charge in [0, 0.05) is 12.7 Å². The summed E-state index contributed by atoms with van der Waals surface area (Å²) in [5.41, 5.74) is 1.26. The Morgan fingerprint density at radius 2 is 2.32 bits per heavy atom. The van der Waals surface area contributed by atoms with Crippen molar-refractivity contribution >= 4 is 39.0 Å². The smallest absolute Gasteiger partial charge is 0.224 e. The van der Waals surface area contributed by atoms with Gasteiger partial charge >= 0.3 is 0 Å². The molecule has 0 saturated heterocycles. The summed E-state index contributed by atoms with van der Waals surface area (Å²) in [4.78, 5) is 8.72. The van der Waals surface area contributed by atoms with Crippen LogP contribution in [0.3, 0.4) is 0 Å². The van der Waals surface area contributed by atoms with E-state index in [-0.39, 0.29) is 6.04 Å². The summed E-state index contributed by atoms with van der Waals surface area (Å²) in [6, 6.07) is 2.34.